The van der Waals surface area contributed by atoms with Crippen molar-refractivity contribution in [2.75, 3.05) is 34.5 Å². The maximum absolute atomic E-state index is 12.2. The molecule has 0 fully saturated rings. The number of ether oxygens (including phenoxy) is 4. The first kappa shape index (κ1) is 22.1. The third-order valence-corrected chi connectivity index (χ3v) is 4.60. The molecule has 0 radical (unpaired) electrons. The van der Waals surface area contributed by atoms with Crippen molar-refractivity contribution in [2.45, 2.75) is 12.5 Å². The molecule has 1 atom stereocenters. The van der Waals surface area contributed by atoms with Gasteiger partial charge < -0.3 is 29.2 Å². The number of fused-ring (bicyclic) bond motifs is 1. The van der Waals surface area contributed by atoms with Crippen molar-refractivity contribution in [3.05, 3.63) is 47.5 Å². The molecule has 1 aliphatic heterocycles. The summed E-state index contributed by atoms with van der Waals surface area (Å²) in [5, 5.41) is 2.96. The third kappa shape index (κ3) is 5.32. The minimum absolute atomic E-state index is 0.141. The van der Waals surface area contributed by atoms with Gasteiger partial charge in [0.15, 0.2) is 19.1 Å². The van der Waals surface area contributed by atoms with E-state index in [0.717, 1.165) is 0 Å². The molecule has 31 heavy (non-hydrogen) atoms. The smallest absolute Gasteiger partial charge is 0.338 e. The van der Waals surface area contributed by atoms with Gasteiger partial charge in [-0.05, 0) is 37.9 Å². The highest BCUT2D eigenvalue weighted by atomic mass is 16.5. The Hall–Kier alpha value is -3.59. The fourth-order valence-corrected chi connectivity index (χ4v) is 2.98. The van der Waals surface area contributed by atoms with Gasteiger partial charge in [-0.1, -0.05) is 0 Å². The molecule has 0 bridgehead atoms. The van der Waals surface area contributed by atoms with E-state index in [0.29, 0.717) is 42.1 Å². The van der Waals surface area contributed by atoms with Crippen molar-refractivity contribution in [1.29, 1.82) is 0 Å². The summed E-state index contributed by atoms with van der Waals surface area (Å²) in [7, 11) is 4.70. The number of methoxy groups -OCH3 is 1. The number of carbonyl (C=O) groups is 3. The Bertz CT molecular complexity index is 976. The van der Waals surface area contributed by atoms with Gasteiger partial charge in [0.25, 0.3) is 5.91 Å². The van der Waals surface area contributed by atoms with E-state index in [2.05, 4.69) is 5.32 Å². The molecule has 2 aromatic carbocycles. The molecule has 0 aliphatic carbocycles. The lowest BCUT2D eigenvalue weighted by Gasteiger charge is -2.25. The van der Waals surface area contributed by atoms with Gasteiger partial charge in [-0.15, -0.1) is 0 Å². The third-order valence-electron chi connectivity index (χ3n) is 4.60. The fourth-order valence-electron chi connectivity index (χ4n) is 2.98. The van der Waals surface area contributed by atoms with Crippen molar-refractivity contribution >= 4 is 18.2 Å². The average Bonchev–Trinajstić information content (AvgIpc) is 2.78. The van der Waals surface area contributed by atoms with Crippen LogP contribution in [-0.2, 0) is 9.53 Å². The van der Waals surface area contributed by atoms with E-state index < -0.39 is 12.1 Å². The number of carbonyl (C=O) groups excluding carboxylic acids is 3. The molecule has 9 nitrogen and oxygen atoms in total. The zero-order valence-corrected chi connectivity index (χ0v) is 17.5. The van der Waals surface area contributed by atoms with Crippen LogP contribution >= 0.6 is 0 Å². The second-order valence-corrected chi connectivity index (χ2v) is 6.91. The highest BCUT2D eigenvalue weighted by Crippen LogP contribution is 2.33. The largest absolute Gasteiger partial charge is 0.483 e. The lowest BCUT2D eigenvalue weighted by molar-refractivity contribution is -0.113. The molecule has 0 saturated heterocycles. The van der Waals surface area contributed by atoms with Crippen molar-refractivity contribution in [3.63, 3.8) is 0 Å². The number of nitrogens with one attached hydrogen (secondary N) is 1. The summed E-state index contributed by atoms with van der Waals surface area (Å²) in [5.74, 6) is 0.696. The molecule has 1 unspecified atom stereocenters. The SMILES string of the molecule is CNCCC(C=O)Oc1cc(Oc2ccc3c(c2)OCN(C)C3=O)cc(C(=O)OC)c1. The summed E-state index contributed by atoms with van der Waals surface area (Å²) in [5.41, 5.74) is 0.645. The molecule has 2 aromatic rings. The van der Waals surface area contributed by atoms with Crippen LogP contribution in [-0.4, -0.2) is 63.6 Å². The normalized spacial score (nSPS) is 13.6. The molecular formula is C22H24N2O7. The second kappa shape index (κ2) is 9.94. The maximum atomic E-state index is 12.2. The first-order chi connectivity index (χ1) is 14.9. The van der Waals surface area contributed by atoms with Gasteiger partial charge in [-0.2, -0.15) is 0 Å². The van der Waals surface area contributed by atoms with Gasteiger partial charge in [0.2, 0.25) is 0 Å². The minimum Gasteiger partial charge on any atom is -0.483 e. The lowest BCUT2D eigenvalue weighted by atomic mass is 10.1. The molecule has 9 heteroatoms. The van der Waals surface area contributed by atoms with E-state index in [-0.39, 0.29) is 24.0 Å². The first-order valence-corrected chi connectivity index (χ1v) is 9.65. The van der Waals surface area contributed by atoms with Crippen LogP contribution in [0, 0.1) is 0 Å². The van der Waals surface area contributed by atoms with Crippen LogP contribution in [0.5, 0.6) is 23.0 Å². The summed E-state index contributed by atoms with van der Waals surface area (Å²) < 4.78 is 22.0. The van der Waals surface area contributed by atoms with Gasteiger partial charge in [0.1, 0.15) is 23.0 Å². The predicted molar refractivity (Wildman–Crippen MR) is 111 cm³/mol. The van der Waals surface area contributed by atoms with Crippen LogP contribution in [0.25, 0.3) is 0 Å². The zero-order valence-electron chi connectivity index (χ0n) is 17.5. The van der Waals surface area contributed by atoms with E-state index in [1.54, 1.807) is 38.4 Å². The molecule has 1 N–H and O–H groups in total. The number of nitrogens with zero attached hydrogens (tertiary/aromatic N) is 1. The van der Waals surface area contributed by atoms with Crippen molar-refractivity contribution < 1.29 is 33.3 Å². The number of benzene rings is 2. The zero-order chi connectivity index (χ0) is 22.4. The Labute approximate surface area is 179 Å². The lowest BCUT2D eigenvalue weighted by Crippen LogP contribution is -2.35. The number of aldehydes is 1. The highest BCUT2D eigenvalue weighted by molar-refractivity contribution is 5.97. The Morgan fingerprint density at radius 2 is 2.00 bits per heavy atom. The van der Waals surface area contributed by atoms with Crippen molar-refractivity contribution in [1.82, 2.24) is 10.2 Å². The van der Waals surface area contributed by atoms with Crippen LogP contribution in [0.15, 0.2) is 36.4 Å². The molecule has 0 saturated carbocycles. The average molecular weight is 428 g/mol. The summed E-state index contributed by atoms with van der Waals surface area (Å²) in [4.78, 5) is 37.1. The van der Waals surface area contributed by atoms with E-state index >= 15 is 0 Å². The van der Waals surface area contributed by atoms with E-state index in [9.17, 15) is 14.4 Å². The quantitative estimate of drug-likeness (QED) is 0.479. The summed E-state index contributed by atoms with van der Waals surface area (Å²) in [6.07, 6.45) is 0.481. The Balaban J connectivity index is 1.87. The number of rotatable bonds is 9. The number of amides is 1. The summed E-state index contributed by atoms with van der Waals surface area (Å²) in [6.45, 7) is 0.733. The first-order valence-electron chi connectivity index (χ1n) is 9.65. The van der Waals surface area contributed by atoms with E-state index in [4.69, 9.17) is 18.9 Å². The molecule has 0 spiro atoms. The molecule has 0 aromatic heterocycles. The van der Waals surface area contributed by atoms with Gasteiger partial charge in [-0.3, -0.25) is 9.59 Å². The van der Waals surface area contributed by atoms with Crippen LogP contribution in [0.3, 0.4) is 0 Å². The summed E-state index contributed by atoms with van der Waals surface area (Å²) in [6, 6.07) is 9.41. The summed E-state index contributed by atoms with van der Waals surface area (Å²) >= 11 is 0. The van der Waals surface area contributed by atoms with Gasteiger partial charge in [0, 0.05) is 25.6 Å². The molecular weight excluding hydrogens is 404 g/mol. The van der Waals surface area contributed by atoms with E-state index in [1.165, 1.54) is 24.1 Å². The van der Waals surface area contributed by atoms with E-state index in [1.807, 2.05) is 0 Å². The van der Waals surface area contributed by atoms with Crippen LogP contribution in [0.4, 0.5) is 0 Å². The van der Waals surface area contributed by atoms with Gasteiger partial charge >= 0.3 is 5.97 Å². The molecule has 3 rings (SSSR count). The standard InChI is InChI=1S/C22H24N2O7/c1-23-7-6-16(12-25)31-18-9-14(22(27)28-3)8-17(10-18)30-15-4-5-19-20(11-15)29-13-24(2)21(19)26/h4-5,8-12,16,23H,6-7,13H2,1-3H3. The second-order valence-electron chi connectivity index (χ2n) is 6.91. The predicted octanol–water partition coefficient (Wildman–Crippen LogP) is 2.24. The number of hydrogen-bond donors (Lipinski definition) is 1. The Morgan fingerprint density at radius 1 is 1.23 bits per heavy atom. The molecule has 1 aliphatic rings. The van der Waals surface area contributed by atoms with Gasteiger partial charge in [-0.25, -0.2) is 4.79 Å². The van der Waals surface area contributed by atoms with Crippen LogP contribution in [0.1, 0.15) is 27.1 Å². The maximum Gasteiger partial charge on any atom is 0.338 e. The minimum atomic E-state index is -0.687. The highest BCUT2D eigenvalue weighted by Gasteiger charge is 2.23. The Morgan fingerprint density at radius 3 is 2.71 bits per heavy atom. The van der Waals surface area contributed by atoms with Crippen LogP contribution < -0.4 is 19.5 Å². The van der Waals surface area contributed by atoms with Crippen molar-refractivity contribution in [2.24, 2.45) is 0 Å². The molecule has 1 heterocycles. The molecule has 164 valence electrons. The molecule has 1 amide bonds. The Kier molecular flexibility index (Phi) is 7.09. The monoisotopic (exact) mass is 428 g/mol. The van der Waals surface area contributed by atoms with Gasteiger partial charge in [0.05, 0.1) is 18.2 Å². The van der Waals surface area contributed by atoms with Crippen molar-refractivity contribution in [3.8, 4) is 23.0 Å². The number of hydrogen-bond acceptors (Lipinski definition) is 8. The fraction of sp³-hybridized carbons (Fsp3) is 0.318. The van der Waals surface area contributed by atoms with Crippen LogP contribution in [0.2, 0.25) is 0 Å². The topological polar surface area (TPSA) is 103 Å². The number of esters is 1.